The molecule has 16 heavy (non-hydrogen) atoms. The largest absolute Gasteiger partial charge is 0.316 e. The van der Waals surface area contributed by atoms with E-state index in [1.165, 1.54) is 10.0 Å². The molecule has 0 saturated heterocycles. The summed E-state index contributed by atoms with van der Waals surface area (Å²) in [6.45, 7) is 6.23. The van der Waals surface area contributed by atoms with Crippen molar-refractivity contribution in [2.75, 3.05) is 26.7 Å². The molecule has 0 aliphatic carbocycles. The number of rotatable bonds is 6. The van der Waals surface area contributed by atoms with Crippen LogP contribution in [0.3, 0.4) is 0 Å². The summed E-state index contributed by atoms with van der Waals surface area (Å²) in [5.41, 5.74) is 1.31. The number of nitrogens with one attached hydrogen (secondary N) is 1. The second kappa shape index (κ2) is 7.43. The summed E-state index contributed by atoms with van der Waals surface area (Å²) in [5.74, 6) is 0. The summed E-state index contributed by atoms with van der Waals surface area (Å²) in [4.78, 5) is 2.31. The zero-order chi connectivity index (χ0) is 12.0. The molecule has 0 aromatic heterocycles. The third kappa shape index (κ3) is 4.95. The third-order valence-corrected chi connectivity index (χ3v) is 3.64. The lowest BCUT2D eigenvalue weighted by molar-refractivity contribution is 0.325. The van der Waals surface area contributed by atoms with Crippen molar-refractivity contribution < 1.29 is 0 Å². The molecule has 0 unspecified atom stereocenters. The molecule has 1 aromatic carbocycles. The van der Waals surface area contributed by atoms with Gasteiger partial charge in [0.2, 0.25) is 0 Å². The maximum atomic E-state index is 3.58. The number of benzene rings is 1. The molecule has 2 nitrogen and oxygen atoms in total. The van der Waals surface area contributed by atoms with Crippen LogP contribution < -0.4 is 5.32 Å². The second-order valence-corrected chi connectivity index (χ2v) is 5.60. The van der Waals surface area contributed by atoms with Crippen molar-refractivity contribution in [3.63, 3.8) is 0 Å². The van der Waals surface area contributed by atoms with Crippen LogP contribution in [0, 0.1) is 0 Å². The third-order valence-electron chi connectivity index (χ3n) is 2.37. The van der Waals surface area contributed by atoms with Crippen molar-refractivity contribution >= 4 is 31.9 Å². The molecule has 1 N–H and O–H groups in total. The van der Waals surface area contributed by atoms with E-state index in [0.29, 0.717) is 0 Å². The van der Waals surface area contributed by atoms with Crippen LogP contribution in [-0.4, -0.2) is 31.6 Å². The highest BCUT2D eigenvalue weighted by Crippen LogP contribution is 2.22. The highest BCUT2D eigenvalue weighted by molar-refractivity contribution is 9.11. The Morgan fingerprint density at radius 3 is 2.75 bits per heavy atom. The van der Waals surface area contributed by atoms with Gasteiger partial charge >= 0.3 is 0 Å². The standard InChI is InChI=1S/C12H18Br2N2/c1-3-15-6-7-16(2)9-10-8-11(13)4-5-12(10)14/h4-5,8,15H,3,6-7,9H2,1-2H3. The molecule has 0 amide bonds. The SMILES string of the molecule is CCNCCN(C)Cc1cc(Br)ccc1Br. The molecule has 0 atom stereocenters. The van der Waals surface area contributed by atoms with Gasteiger partial charge in [0.15, 0.2) is 0 Å². The Labute approximate surface area is 115 Å². The molecule has 0 heterocycles. The first kappa shape index (κ1) is 14.2. The zero-order valence-corrected chi connectivity index (χ0v) is 12.9. The molecule has 4 heteroatoms. The molecule has 0 spiro atoms. The molecule has 0 bridgehead atoms. The molecule has 0 aliphatic heterocycles. The van der Waals surface area contributed by atoms with Crippen LogP contribution in [0.25, 0.3) is 0 Å². The molecule has 0 aliphatic rings. The van der Waals surface area contributed by atoms with Crippen molar-refractivity contribution in [3.8, 4) is 0 Å². The first-order valence-electron chi connectivity index (χ1n) is 5.46. The Kier molecular flexibility index (Phi) is 6.58. The van der Waals surface area contributed by atoms with E-state index in [2.05, 4.69) is 68.2 Å². The van der Waals surface area contributed by atoms with E-state index in [0.717, 1.165) is 30.7 Å². The van der Waals surface area contributed by atoms with Gasteiger partial charge < -0.3 is 10.2 Å². The molecule has 90 valence electrons. The van der Waals surface area contributed by atoms with Gasteiger partial charge in [-0.1, -0.05) is 38.8 Å². The van der Waals surface area contributed by atoms with Crippen molar-refractivity contribution in [2.24, 2.45) is 0 Å². The molecule has 0 radical (unpaired) electrons. The summed E-state index contributed by atoms with van der Waals surface area (Å²) >= 11 is 7.08. The Hall–Kier alpha value is 0.1000. The normalized spacial score (nSPS) is 11.1. The van der Waals surface area contributed by atoms with Crippen LogP contribution in [0.15, 0.2) is 27.1 Å². The van der Waals surface area contributed by atoms with E-state index in [1.54, 1.807) is 0 Å². The van der Waals surface area contributed by atoms with Gasteiger partial charge in [-0.2, -0.15) is 0 Å². The number of hydrogen-bond donors (Lipinski definition) is 1. The molecular weight excluding hydrogens is 332 g/mol. The van der Waals surface area contributed by atoms with Crippen LogP contribution in [0.1, 0.15) is 12.5 Å². The Morgan fingerprint density at radius 1 is 1.31 bits per heavy atom. The summed E-state index contributed by atoms with van der Waals surface area (Å²) in [7, 11) is 2.14. The minimum absolute atomic E-state index is 0.964. The Balaban J connectivity index is 2.48. The number of likely N-dealkylation sites (N-methyl/N-ethyl adjacent to an activating group) is 2. The predicted molar refractivity (Wildman–Crippen MR) is 76.7 cm³/mol. The summed E-state index contributed by atoms with van der Waals surface area (Å²) in [6.07, 6.45) is 0. The van der Waals surface area contributed by atoms with Crippen LogP contribution in [-0.2, 0) is 6.54 Å². The van der Waals surface area contributed by atoms with Crippen LogP contribution in [0.5, 0.6) is 0 Å². The minimum Gasteiger partial charge on any atom is -0.316 e. The van der Waals surface area contributed by atoms with E-state index in [-0.39, 0.29) is 0 Å². The van der Waals surface area contributed by atoms with E-state index < -0.39 is 0 Å². The monoisotopic (exact) mass is 348 g/mol. The van der Waals surface area contributed by atoms with E-state index in [4.69, 9.17) is 0 Å². The number of hydrogen-bond acceptors (Lipinski definition) is 2. The highest BCUT2D eigenvalue weighted by Gasteiger charge is 2.04. The molecular formula is C12H18Br2N2. The quantitative estimate of drug-likeness (QED) is 0.793. The fraction of sp³-hybridized carbons (Fsp3) is 0.500. The fourth-order valence-corrected chi connectivity index (χ4v) is 2.26. The van der Waals surface area contributed by atoms with Gasteiger partial charge in [-0.25, -0.2) is 0 Å². The Morgan fingerprint density at radius 2 is 2.06 bits per heavy atom. The summed E-state index contributed by atoms with van der Waals surface area (Å²) < 4.78 is 2.30. The van der Waals surface area contributed by atoms with Crippen molar-refractivity contribution in [1.82, 2.24) is 10.2 Å². The van der Waals surface area contributed by atoms with E-state index >= 15 is 0 Å². The smallest absolute Gasteiger partial charge is 0.0242 e. The summed E-state index contributed by atoms with van der Waals surface area (Å²) in [6, 6.07) is 6.29. The molecule has 1 rings (SSSR count). The average molecular weight is 350 g/mol. The van der Waals surface area contributed by atoms with Gasteiger partial charge in [0.25, 0.3) is 0 Å². The van der Waals surface area contributed by atoms with Gasteiger partial charge in [-0.3, -0.25) is 0 Å². The first-order valence-corrected chi connectivity index (χ1v) is 7.05. The maximum Gasteiger partial charge on any atom is 0.0242 e. The predicted octanol–water partition coefficient (Wildman–Crippen LogP) is 3.25. The van der Waals surface area contributed by atoms with E-state index in [9.17, 15) is 0 Å². The van der Waals surface area contributed by atoms with Gasteiger partial charge in [0, 0.05) is 28.6 Å². The number of nitrogens with zero attached hydrogens (tertiary/aromatic N) is 1. The lowest BCUT2D eigenvalue weighted by atomic mass is 10.2. The van der Waals surface area contributed by atoms with Crippen molar-refractivity contribution in [2.45, 2.75) is 13.5 Å². The number of halogens is 2. The van der Waals surface area contributed by atoms with Crippen molar-refractivity contribution in [1.29, 1.82) is 0 Å². The lowest BCUT2D eigenvalue weighted by Gasteiger charge is -2.17. The highest BCUT2D eigenvalue weighted by atomic mass is 79.9. The topological polar surface area (TPSA) is 15.3 Å². The van der Waals surface area contributed by atoms with Crippen LogP contribution >= 0.6 is 31.9 Å². The molecule has 0 saturated carbocycles. The fourth-order valence-electron chi connectivity index (χ4n) is 1.48. The van der Waals surface area contributed by atoms with Gasteiger partial charge in [0.1, 0.15) is 0 Å². The van der Waals surface area contributed by atoms with Gasteiger partial charge in [-0.05, 0) is 37.4 Å². The average Bonchev–Trinajstić information content (AvgIpc) is 2.24. The minimum atomic E-state index is 0.964. The van der Waals surface area contributed by atoms with Gasteiger partial charge in [-0.15, -0.1) is 0 Å². The van der Waals surface area contributed by atoms with Crippen molar-refractivity contribution in [3.05, 3.63) is 32.7 Å². The lowest BCUT2D eigenvalue weighted by Crippen LogP contribution is -2.28. The first-order chi connectivity index (χ1) is 7.63. The van der Waals surface area contributed by atoms with Crippen LogP contribution in [0.4, 0.5) is 0 Å². The zero-order valence-electron chi connectivity index (χ0n) is 9.76. The summed E-state index contributed by atoms with van der Waals surface area (Å²) in [5, 5.41) is 3.33. The second-order valence-electron chi connectivity index (χ2n) is 3.83. The molecule has 1 aromatic rings. The Bertz CT molecular complexity index is 329. The van der Waals surface area contributed by atoms with Gasteiger partial charge in [0.05, 0.1) is 0 Å². The maximum absolute atomic E-state index is 3.58. The van der Waals surface area contributed by atoms with Crippen LogP contribution in [0.2, 0.25) is 0 Å². The van der Waals surface area contributed by atoms with E-state index in [1.807, 2.05) is 6.07 Å². The molecule has 0 fully saturated rings.